The molecule has 0 saturated carbocycles. The molecule has 2 aromatic carbocycles. The number of rotatable bonds is 5. The summed E-state index contributed by atoms with van der Waals surface area (Å²) in [6.07, 6.45) is 1.63. The van der Waals surface area contributed by atoms with Crippen molar-refractivity contribution in [2.24, 2.45) is 0 Å². The van der Waals surface area contributed by atoms with Gasteiger partial charge in [0.2, 0.25) is 10.0 Å². The summed E-state index contributed by atoms with van der Waals surface area (Å²) in [6, 6.07) is 9.30. The molecule has 2 aromatic rings. The van der Waals surface area contributed by atoms with Gasteiger partial charge in [-0.1, -0.05) is 23.8 Å². The van der Waals surface area contributed by atoms with Crippen LogP contribution in [0.2, 0.25) is 0 Å². The number of aryl methyl sites for hydroxylation is 3. The first-order chi connectivity index (χ1) is 12.8. The molecule has 0 amide bonds. The second-order valence-electron chi connectivity index (χ2n) is 7.12. The van der Waals surface area contributed by atoms with Gasteiger partial charge in [-0.2, -0.15) is 4.31 Å². The van der Waals surface area contributed by atoms with E-state index in [4.69, 9.17) is 9.47 Å². The van der Waals surface area contributed by atoms with Crippen molar-refractivity contribution in [3.63, 3.8) is 0 Å². The number of methoxy groups -OCH3 is 2. The highest BCUT2D eigenvalue weighted by Crippen LogP contribution is 2.40. The average molecular weight is 390 g/mol. The van der Waals surface area contributed by atoms with Crippen molar-refractivity contribution in [3.8, 4) is 11.5 Å². The average Bonchev–Trinajstić information content (AvgIpc) is 3.10. The summed E-state index contributed by atoms with van der Waals surface area (Å²) in [5, 5.41) is 0. The Morgan fingerprint density at radius 2 is 1.59 bits per heavy atom. The summed E-state index contributed by atoms with van der Waals surface area (Å²) in [5.41, 5.74) is 3.59. The zero-order chi connectivity index (χ0) is 19.8. The second kappa shape index (κ2) is 7.52. The zero-order valence-electron chi connectivity index (χ0n) is 16.6. The van der Waals surface area contributed by atoms with Crippen molar-refractivity contribution in [1.29, 1.82) is 0 Å². The fourth-order valence-corrected chi connectivity index (χ4v) is 6.21. The van der Waals surface area contributed by atoms with Gasteiger partial charge in [0.1, 0.15) is 0 Å². The molecule has 1 heterocycles. The third-order valence-corrected chi connectivity index (χ3v) is 7.38. The van der Waals surface area contributed by atoms with Gasteiger partial charge in [-0.3, -0.25) is 0 Å². The molecule has 0 radical (unpaired) electrons. The van der Waals surface area contributed by atoms with Gasteiger partial charge in [0.05, 0.1) is 25.2 Å². The Morgan fingerprint density at radius 1 is 0.963 bits per heavy atom. The molecular weight excluding hydrogens is 362 g/mol. The maximum atomic E-state index is 13.5. The Kier molecular flexibility index (Phi) is 5.49. The summed E-state index contributed by atoms with van der Waals surface area (Å²) in [7, 11) is -0.411. The lowest BCUT2D eigenvalue weighted by atomic mass is 10.0. The summed E-state index contributed by atoms with van der Waals surface area (Å²) < 4.78 is 39.4. The van der Waals surface area contributed by atoms with Crippen molar-refractivity contribution in [2.45, 2.75) is 44.6 Å². The number of sulfonamides is 1. The van der Waals surface area contributed by atoms with Crippen LogP contribution >= 0.6 is 0 Å². The van der Waals surface area contributed by atoms with Crippen LogP contribution in [0.4, 0.5) is 0 Å². The molecule has 3 rings (SSSR count). The van der Waals surface area contributed by atoms with E-state index in [2.05, 4.69) is 0 Å². The van der Waals surface area contributed by atoms with E-state index < -0.39 is 10.0 Å². The molecule has 0 bridgehead atoms. The largest absolute Gasteiger partial charge is 0.493 e. The summed E-state index contributed by atoms with van der Waals surface area (Å²) in [6.45, 7) is 6.25. The quantitative estimate of drug-likeness (QED) is 0.771. The lowest BCUT2D eigenvalue weighted by Gasteiger charge is -2.26. The van der Waals surface area contributed by atoms with Crippen molar-refractivity contribution in [1.82, 2.24) is 4.31 Å². The monoisotopic (exact) mass is 389 g/mol. The fraction of sp³-hybridized carbons (Fsp3) is 0.429. The van der Waals surface area contributed by atoms with Crippen LogP contribution in [0.5, 0.6) is 11.5 Å². The highest BCUT2D eigenvalue weighted by Gasteiger charge is 2.38. The van der Waals surface area contributed by atoms with E-state index in [1.165, 1.54) is 0 Å². The lowest BCUT2D eigenvalue weighted by molar-refractivity contribution is 0.351. The third kappa shape index (κ3) is 3.56. The molecule has 1 fully saturated rings. The zero-order valence-corrected chi connectivity index (χ0v) is 17.4. The van der Waals surface area contributed by atoms with E-state index in [1.54, 1.807) is 18.5 Å². The normalized spacial score (nSPS) is 17.9. The highest BCUT2D eigenvalue weighted by molar-refractivity contribution is 7.89. The number of benzene rings is 2. The van der Waals surface area contributed by atoms with Crippen molar-refractivity contribution < 1.29 is 17.9 Å². The van der Waals surface area contributed by atoms with E-state index in [0.717, 1.165) is 35.1 Å². The van der Waals surface area contributed by atoms with Crippen molar-refractivity contribution in [2.75, 3.05) is 20.8 Å². The van der Waals surface area contributed by atoms with E-state index >= 15 is 0 Å². The Hall–Kier alpha value is -2.05. The minimum atomic E-state index is -3.59. The lowest BCUT2D eigenvalue weighted by Crippen LogP contribution is -2.31. The number of hydrogen-bond donors (Lipinski definition) is 0. The fourth-order valence-electron chi connectivity index (χ4n) is 4.11. The number of nitrogens with zero attached hydrogens (tertiary/aromatic N) is 1. The molecule has 5 nitrogen and oxygen atoms in total. The van der Waals surface area contributed by atoms with E-state index in [-0.39, 0.29) is 6.04 Å². The van der Waals surface area contributed by atoms with E-state index in [0.29, 0.717) is 22.9 Å². The van der Waals surface area contributed by atoms with Crippen molar-refractivity contribution in [3.05, 3.63) is 52.6 Å². The molecule has 0 aliphatic carbocycles. The Labute approximate surface area is 162 Å². The maximum Gasteiger partial charge on any atom is 0.244 e. The number of hydrogen-bond acceptors (Lipinski definition) is 4. The first kappa shape index (κ1) is 19.7. The van der Waals surface area contributed by atoms with Crippen LogP contribution in [-0.4, -0.2) is 33.5 Å². The molecule has 1 atom stereocenters. The van der Waals surface area contributed by atoms with Crippen LogP contribution < -0.4 is 9.47 Å². The van der Waals surface area contributed by atoms with Crippen LogP contribution in [0.1, 0.15) is 41.1 Å². The summed E-state index contributed by atoms with van der Waals surface area (Å²) >= 11 is 0. The first-order valence-electron chi connectivity index (χ1n) is 9.11. The SMILES string of the molecule is COc1ccc(C2CCCN2S(=O)(=O)c2c(C)cc(C)cc2C)cc1OC. The molecule has 1 unspecified atom stereocenters. The van der Waals surface area contributed by atoms with Gasteiger partial charge in [-0.05, 0) is 62.4 Å². The summed E-state index contributed by atoms with van der Waals surface area (Å²) in [5.74, 6) is 1.25. The predicted molar refractivity (Wildman–Crippen MR) is 106 cm³/mol. The van der Waals surface area contributed by atoms with Gasteiger partial charge in [0.15, 0.2) is 11.5 Å². The Bertz CT molecular complexity index is 930. The van der Waals surface area contributed by atoms with E-state index in [9.17, 15) is 8.42 Å². The highest BCUT2D eigenvalue weighted by atomic mass is 32.2. The van der Waals surface area contributed by atoms with Gasteiger partial charge in [0, 0.05) is 6.54 Å². The smallest absolute Gasteiger partial charge is 0.244 e. The number of ether oxygens (including phenoxy) is 2. The van der Waals surface area contributed by atoms with Crippen LogP contribution in [0.3, 0.4) is 0 Å². The predicted octanol–water partition coefficient (Wildman–Crippen LogP) is 4.15. The molecule has 146 valence electrons. The molecule has 1 aliphatic rings. The van der Waals surface area contributed by atoms with Gasteiger partial charge < -0.3 is 9.47 Å². The van der Waals surface area contributed by atoms with Gasteiger partial charge in [-0.25, -0.2) is 8.42 Å². The third-order valence-electron chi connectivity index (χ3n) is 5.17. The standard InChI is InChI=1S/C21H27NO4S/c1-14-11-15(2)21(16(3)12-14)27(23,24)22-10-6-7-18(22)17-8-9-19(25-4)20(13-17)26-5/h8-9,11-13,18H,6-7,10H2,1-5H3. The molecule has 0 spiro atoms. The Balaban J connectivity index is 2.04. The second-order valence-corrected chi connectivity index (χ2v) is 8.94. The minimum Gasteiger partial charge on any atom is -0.493 e. The topological polar surface area (TPSA) is 55.8 Å². The molecule has 0 N–H and O–H groups in total. The molecular formula is C21H27NO4S. The first-order valence-corrected chi connectivity index (χ1v) is 10.5. The molecule has 1 saturated heterocycles. The maximum absolute atomic E-state index is 13.5. The van der Waals surface area contributed by atoms with Crippen LogP contribution in [0.25, 0.3) is 0 Å². The van der Waals surface area contributed by atoms with Gasteiger partial charge >= 0.3 is 0 Å². The van der Waals surface area contributed by atoms with Crippen molar-refractivity contribution >= 4 is 10.0 Å². The minimum absolute atomic E-state index is 0.199. The van der Waals surface area contributed by atoms with Gasteiger partial charge in [-0.15, -0.1) is 0 Å². The van der Waals surface area contributed by atoms with Crippen LogP contribution in [0.15, 0.2) is 35.2 Å². The molecule has 6 heteroatoms. The molecule has 27 heavy (non-hydrogen) atoms. The molecule has 0 aromatic heterocycles. The van der Waals surface area contributed by atoms with Gasteiger partial charge in [0.25, 0.3) is 0 Å². The summed E-state index contributed by atoms with van der Waals surface area (Å²) in [4.78, 5) is 0.431. The van der Waals surface area contributed by atoms with Crippen LogP contribution in [-0.2, 0) is 10.0 Å². The van der Waals surface area contributed by atoms with E-state index in [1.807, 2.05) is 51.1 Å². The Morgan fingerprint density at radius 3 is 2.19 bits per heavy atom. The molecule has 1 aliphatic heterocycles. The van der Waals surface area contributed by atoms with Crippen LogP contribution in [0, 0.1) is 20.8 Å².